The Balaban J connectivity index is 1.85. The van der Waals surface area contributed by atoms with Crippen LogP contribution in [0.2, 0.25) is 0 Å². The Morgan fingerprint density at radius 1 is 0.920 bits per heavy atom. The van der Waals surface area contributed by atoms with Crippen LogP contribution in [0.3, 0.4) is 0 Å². The van der Waals surface area contributed by atoms with Crippen LogP contribution < -0.4 is 10.6 Å². The molecular formula is C18H17F2N5. The maximum atomic E-state index is 13.3. The zero-order valence-electron chi connectivity index (χ0n) is 13.6. The molecule has 3 aromatic rings. The van der Waals surface area contributed by atoms with E-state index in [-0.39, 0.29) is 6.54 Å². The molecule has 2 heterocycles. The van der Waals surface area contributed by atoms with Gasteiger partial charge in [0.1, 0.15) is 17.5 Å². The summed E-state index contributed by atoms with van der Waals surface area (Å²) < 4.78 is 26.6. The predicted octanol–water partition coefficient (Wildman–Crippen LogP) is 3.86. The molecule has 0 spiro atoms. The quantitative estimate of drug-likeness (QED) is 0.713. The third-order valence-corrected chi connectivity index (χ3v) is 3.38. The Bertz CT molecular complexity index is 835. The molecule has 2 N–H and O–H groups in total. The Kier molecular flexibility index (Phi) is 5.13. The van der Waals surface area contributed by atoms with Crippen LogP contribution in [0, 0.1) is 11.6 Å². The topological polar surface area (TPSA) is 62.7 Å². The highest BCUT2D eigenvalue weighted by Gasteiger charge is 2.08. The molecule has 0 aliphatic heterocycles. The molecule has 0 amide bonds. The van der Waals surface area contributed by atoms with Crippen LogP contribution >= 0.6 is 0 Å². The minimum absolute atomic E-state index is 0.235. The van der Waals surface area contributed by atoms with Gasteiger partial charge in [-0.2, -0.15) is 4.98 Å². The number of benzene rings is 1. The lowest BCUT2D eigenvalue weighted by atomic mass is 10.2. The first-order valence-corrected chi connectivity index (χ1v) is 7.87. The summed E-state index contributed by atoms with van der Waals surface area (Å²) in [5, 5.41) is 6.14. The van der Waals surface area contributed by atoms with E-state index in [2.05, 4.69) is 25.6 Å². The van der Waals surface area contributed by atoms with Gasteiger partial charge in [-0.15, -0.1) is 0 Å². The second-order valence-electron chi connectivity index (χ2n) is 5.34. The molecule has 0 saturated carbocycles. The fraction of sp³-hybridized carbons (Fsp3) is 0.167. The van der Waals surface area contributed by atoms with E-state index in [4.69, 9.17) is 0 Å². The summed E-state index contributed by atoms with van der Waals surface area (Å²) in [6.07, 6.45) is 1.69. The number of halogens is 2. The maximum Gasteiger partial charge on any atom is 0.225 e. The molecule has 3 rings (SSSR count). The average Bonchev–Trinajstić information content (AvgIpc) is 2.60. The van der Waals surface area contributed by atoms with Gasteiger partial charge in [0.25, 0.3) is 0 Å². The second-order valence-corrected chi connectivity index (χ2v) is 5.34. The van der Waals surface area contributed by atoms with Crippen molar-refractivity contribution in [2.45, 2.75) is 13.5 Å². The first-order chi connectivity index (χ1) is 12.1. The molecule has 2 aromatic heterocycles. The zero-order chi connectivity index (χ0) is 17.6. The molecule has 5 nitrogen and oxygen atoms in total. The first kappa shape index (κ1) is 16.8. The van der Waals surface area contributed by atoms with Gasteiger partial charge in [-0.1, -0.05) is 6.07 Å². The Labute approximate surface area is 144 Å². The Morgan fingerprint density at radius 3 is 2.40 bits per heavy atom. The second kappa shape index (κ2) is 7.65. The number of anilines is 2. The minimum atomic E-state index is -0.609. The third-order valence-electron chi connectivity index (χ3n) is 3.38. The molecule has 128 valence electrons. The third kappa shape index (κ3) is 4.47. The number of aromatic nitrogens is 3. The van der Waals surface area contributed by atoms with E-state index < -0.39 is 11.6 Å². The SMILES string of the molecule is CCNc1nc(NCc2cc(F)cc(F)c2)cc(-c2ccccn2)n1. The van der Waals surface area contributed by atoms with Crippen molar-refractivity contribution in [3.8, 4) is 11.4 Å². The van der Waals surface area contributed by atoms with Crippen LogP contribution in [0.15, 0.2) is 48.7 Å². The molecule has 7 heteroatoms. The van der Waals surface area contributed by atoms with Gasteiger partial charge in [-0.25, -0.2) is 13.8 Å². The van der Waals surface area contributed by atoms with Crippen LogP contribution in [0.5, 0.6) is 0 Å². The number of pyridine rings is 1. The van der Waals surface area contributed by atoms with Gasteiger partial charge in [0.15, 0.2) is 0 Å². The number of nitrogens with zero attached hydrogens (tertiary/aromatic N) is 3. The normalized spacial score (nSPS) is 10.5. The fourth-order valence-corrected chi connectivity index (χ4v) is 2.33. The van der Waals surface area contributed by atoms with Crippen LogP contribution in [0.4, 0.5) is 20.5 Å². The van der Waals surface area contributed by atoms with E-state index in [9.17, 15) is 8.78 Å². The van der Waals surface area contributed by atoms with Crippen molar-refractivity contribution in [3.05, 3.63) is 65.9 Å². The summed E-state index contributed by atoms with van der Waals surface area (Å²) in [6, 6.07) is 10.7. The van der Waals surface area contributed by atoms with Gasteiger partial charge < -0.3 is 10.6 Å². The van der Waals surface area contributed by atoms with Crippen LogP contribution in [0.1, 0.15) is 12.5 Å². The van der Waals surface area contributed by atoms with Crippen molar-refractivity contribution in [1.82, 2.24) is 15.0 Å². The number of hydrogen-bond donors (Lipinski definition) is 2. The van der Waals surface area contributed by atoms with E-state index in [0.29, 0.717) is 35.3 Å². The smallest absolute Gasteiger partial charge is 0.225 e. The lowest BCUT2D eigenvalue weighted by molar-refractivity contribution is 0.580. The molecular weight excluding hydrogens is 324 g/mol. The van der Waals surface area contributed by atoms with E-state index in [1.54, 1.807) is 12.3 Å². The highest BCUT2D eigenvalue weighted by Crippen LogP contribution is 2.20. The van der Waals surface area contributed by atoms with Crippen molar-refractivity contribution in [2.24, 2.45) is 0 Å². The van der Waals surface area contributed by atoms with Crippen molar-refractivity contribution in [3.63, 3.8) is 0 Å². The molecule has 0 radical (unpaired) electrons. The van der Waals surface area contributed by atoms with Crippen LogP contribution in [0.25, 0.3) is 11.4 Å². The van der Waals surface area contributed by atoms with Crippen LogP contribution in [-0.2, 0) is 6.54 Å². The molecule has 0 aliphatic rings. The van der Waals surface area contributed by atoms with E-state index in [0.717, 1.165) is 6.07 Å². The van der Waals surface area contributed by atoms with Gasteiger partial charge in [0, 0.05) is 31.4 Å². The highest BCUT2D eigenvalue weighted by molar-refractivity contribution is 5.60. The van der Waals surface area contributed by atoms with Gasteiger partial charge >= 0.3 is 0 Å². The summed E-state index contributed by atoms with van der Waals surface area (Å²) in [4.78, 5) is 13.1. The zero-order valence-corrected chi connectivity index (χ0v) is 13.6. The van der Waals surface area contributed by atoms with Crippen molar-refractivity contribution in [1.29, 1.82) is 0 Å². The van der Waals surface area contributed by atoms with E-state index >= 15 is 0 Å². The summed E-state index contributed by atoms with van der Waals surface area (Å²) in [7, 11) is 0. The number of rotatable bonds is 6. The maximum absolute atomic E-state index is 13.3. The van der Waals surface area contributed by atoms with Gasteiger partial charge in [0.2, 0.25) is 5.95 Å². The standard InChI is InChI=1S/C18H17F2N5/c1-2-21-18-24-16(15-5-3-4-6-22-15)10-17(25-18)23-11-12-7-13(19)9-14(20)8-12/h3-10H,2,11H2,1H3,(H2,21,23,24,25). The average molecular weight is 341 g/mol. The molecule has 0 atom stereocenters. The highest BCUT2D eigenvalue weighted by atomic mass is 19.1. The molecule has 25 heavy (non-hydrogen) atoms. The molecule has 0 unspecified atom stereocenters. The largest absolute Gasteiger partial charge is 0.366 e. The predicted molar refractivity (Wildman–Crippen MR) is 93.1 cm³/mol. The Morgan fingerprint density at radius 2 is 1.72 bits per heavy atom. The molecule has 0 bridgehead atoms. The summed E-state index contributed by atoms with van der Waals surface area (Å²) in [6.45, 7) is 2.85. The van der Waals surface area contributed by atoms with Crippen molar-refractivity contribution < 1.29 is 8.78 Å². The summed E-state index contributed by atoms with van der Waals surface area (Å²) in [5.74, 6) is -0.223. The van der Waals surface area contributed by atoms with E-state index in [1.807, 2.05) is 25.1 Å². The molecule has 0 fully saturated rings. The first-order valence-electron chi connectivity index (χ1n) is 7.87. The molecule has 0 aliphatic carbocycles. The number of hydrogen-bond acceptors (Lipinski definition) is 5. The summed E-state index contributed by atoms with van der Waals surface area (Å²) >= 11 is 0. The van der Waals surface area contributed by atoms with Crippen molar-refractivity contribution >= 4 is 11.8 Å². The van der Waals surface area contributed by atoms with Crippen LogP contribution in [-0.4, -0.2) is 21.5 Å². The molecule has 1 aromatic carbocycles. The monoisotopic (exact) mass is 341 g/mol. The van der Waals surface area contributed by atoms with Gasteiger partial charge in [-0.05, 0) is 36.8 Å². The lowest BCUT2D eigenvalue weighted by Gasteiger charge is -2.10. The Hall–Kier alpha value is -3.09. The minimum Gasteiger partial charge on any atom is -0.366 e. The lowest BCUT2D eigenvalue weighted by Crippen LogP contribution is -2.08. The fourth-order valence-electron chi connectivity index (χ4n) is 2.33. The number of nitrogens with one attached hydrogen (secondary N) is 2. The van der Waals surface area contributed by atoms with Gasteiger partial charge in [-0.3, -0.25) is 4.98 Å². The molecule has 0 saturated heterocycles. The van der Waals surface area contributed by atoms with Crippen molar-refractivity contribution in [2.75, 3.05) is 17.2 Å². The summed E-state index contributed by atoms with van der Waals surface area (Å²) in [5.41, 5.74) is 1.85. The van der Waals surface area contributed by atoms with Gasteiger partial charge in [0.05, 0.1) is 11.4 Å². The van der Waals surface area contributed by atoms with E-state index in [1.165, 1.54) is 12.1 Å².